The molecule has 2 aromatic heterocycles. The number of hydrogen-bond acceptors (Lipinski definition) is 12. The number of nitriles is 1. The van der Waals surface area contributed by atoms with E-state index in [2.05, 4.69) is 107 Å². The van der Waals surface area contributed by atoms with E-state index in [0.717, 1.165) is 28.2 Å². The Hall–Kier alpha value is -5.00. The van der Waals surface area contributed by atoms with E-state index in [1.54, 1.807) is 26.9 Å². The largest absolute Gasteiger partial charge is 0.497 e. The van der Waals surface area contributed by atoms with Crippen LogP contribution in [0.25, 0.3) is 11.2 Å². The quantitative estimate of drug-likeness (QED) is 0.0289. The van der Waals surface area contributed by atoms with Crippen molar-refractivity contribution in [2.24, 2.45) is 4.99 Å². The Morgan fingerprint density at radius 2 is 1.53 bits per heavy atom. The first-order chi connectivity index (χ1) is 28.1. The Balaban J connectivity index is 1.46. The van der Waals surface area contributed by atoms with Crippen molar-refractivity contribution in [2.45, 2.75) is 76.5 Å². The number of aliphatic imine (C=N–C) groups is 1. The van der Waals surface area contributed by atoms with Crippen molar-refractivity contribution in [3.63, 3.8) is 0 Å². The number of fused-ring (bicyclic) bond motifs is 1. The Morgan fingerprint density at radius 3 is 2.10 bits per heavy atom. The van der Waals surface area contributed by atoms with Crippen molar-refractivity contribution in [3.8, 4) is 17.6 Å². The summed E-state index contributed by atoms with van der Waals surface area (Å²) >= 11 is 0. The minimum Gasteiger partial charge on any atom is -0.497 e. The fraction of sp³-hybridized carbons (Fsp3) is 0.419. The summed E-state index contributed by atoms with van der Waals surface area (Å²) in [6.07, 6.45) is 4.78. The van der Waals surface area contributed by atoms with E-state index >= 15 is 0 Å². The number of hydrogen-bond donors (Lipinski definition) is 1. The van der Waals surface area contributed by atoms with Crippen molar-refractivity contribution >= 4 is 31.8 Å². The van der Waals surface area contributed by atoms with E-state index in [4.69, 9.17) is 28.2 Å². The van der Waals surface area contributed by atoms with Crippen molar-refractivity contribution in [1.29, 1.82) is 5.26 Å². The van der Waals surface area contributed by atoms with Crippen LogP contribution in [0.4, 0.5) is 5.82 Å². The average Bonchev–Trinajstić information content (AvgIpc) is 3.85. The summed E-state index contributed by atoms with van der Waals surface area (Å²) in [6.45, 7) is 8.97. The molecule has 3 heterocycles. The molecule has 0 radical (unpaired) electrons. The smallest absolute Gasteiger partial charge is 0.259 e. The maximum absolute atomic E-state index is 9.34. The highest BCUT2D eigenvalue weighted by Gasteiger charge is 2.45. The van der Waals surface area contributed by atoms with Gasteiger partial charge in [0.15, 0.2) is 17.0 Å². The van der Waals surface area contributed by atoms with Crippen LogP contribution in [0.3, 0.4) is 0 Å². The van der Waals surface area contributed by atoms with Crippen molar-refractivity contribution in [3.05, 3.63) is 108 Å². The summed E-state index contributed by atoms with van der Waals surface area (Å²) < 4.78 is 35.5. The number of methoxy groups -OCH3 is 2. The predicted octanol–water partition coefficient (Wildman–Crippen LogP) is 7.60. The van der Waals surface area contributed by atoms with Gasteiger partial charge in [0.2, 0.25) is 0 Å². The van der Waals surface area contributed by atoms with E-state index < -0.39 is 26.4 Å². The molecule has 1 N–H and O–H groups in total. The van der Waals surface area contributed by atoms with Gasteiger partial charge < -0.3 is 28.2 Å². The van der Waals surface area contributed by atoms with Gasteiger partial charge in [-0.1, -0.05) is 54.6 Å². The lowest BCUT2D eigenvalue weighted by molar-refractivity contribution is -0.0242. The number of nitrogens with zero attached hydrogens (tertiary/aromatic N) is 8. The molecule has 15 heteroatoms. The first kappa shape index (κ1) is 42.6. The minimum absolute atomic E-state index is 0.136. The number of benzene rings is 3. The molecule has 58 heavy (non-hydrogen) atoms. The Labute approximate surface area is 342 Å². The van der Waals surface area contributed by atoms with Gasteiger partial charge in [-0.2, -0.15) is 5.26 Å². The first-order valence-corrected chi connectivity index (χ1v) is 20.6. The summed E-state index contributed by atoms with van der Waals surface area (Å²) in [4.78, 5) is 20.2. The van der Waals surface area contributed by atoms with Gasteiger partial charge in [0.1, 0.15) is 24.1 Å². The second-order valence-electron chi connectivity index (χ2n) is 14.8. The molecule has 1 aliphatic rings. The maximum atomic E-state index is 9.34. The zero-order valence-electron chi connectivity index (χ0n) is 34.5. The lowest BCUT2D eigenvalue weighted by atomic mass is 9.76. The Bertz CT molecular complexity index is 2070. The maximum Gasteiger partial charge on any atom is 0.259 e. The number of aromatic nitrogens is 4. The molecule has 306 valence electrons. The van der Waals surface area contributed by atoms with Crippen LogP contribution in [0.2, 0.25) is 0 Å². The average molecular weight is 808 g/mol. The second kappa shape index (κ2) is 19.6. The highest BCUT2D eigenvalue weighted by atomic mass is 31.2. The lowest BCUT2D eigenvalue weighted by Gasteiger charge is -2.41. The van der Waals surface area contributed by atoms with E-state index in [0.29, 0.717) is 23.4 Å². The normalized spacial score (nSPS) is 17.7. The van der Waals surface area contributed by atoms with E-state index in [-0.39, 0.29) is 37.8 Å². The summed E-state index contributed by atoms with van der Waals surface area (Å²) in [5.41, 5.74) is 3.35. The molecule has 14 nitrogen and oxygen atoms in total. The standard InChI is InChI=1S/C43H54N9O5P/c1-30(2)52(31(3)4)58(55-24-12-23-44)56-26-38-37(25-39(57-38)51-29-47-40-41(48-28-50(5)6)45-27-46-42(40)51)49-43(32-13-10-9-11-14-32,33-15-19-35(53-7)20-16-33)34-17-21-36(54-8)22-18-34/h9-11,13-22,27-31,37-39,49H,12,24-26H2,1-8H3/b48-28-/t37-,38+,39+,58?/m0/s1. The van der Waals surface area contributed by atoms with E-state index in [1.165, 1.54) is 6.33 Å². The molecule has 6 rings (SSSR count). The van der Waals surface area contributed by atoms with E-state index in [9.17, 15) is 5.26 Å². The van der Waals surface area contributed by atoms with Crippen LogP contribution in [-0.2, 0) is 19.3 Å². The second-order valence-corrected chi connectivity index (χ2v) is 16.2. The molecule has 0 saturated carbocycles. The zero-order chi connectivity index (χ0) is 41.2. The fourth-order valence-corrected chi connectivity index (χ4v) is 8.99. The van der Waals surface area contributed by atoms with Crippen LogP contribution in [0.15, 0.2) is 96.5 Å². The molecule has 1 fully saturated rings. The molecule has 0 bridgehead atoms. The van der Waals surface area contributed by atoms with Gasteiger partial charge in [-0.25, -0.2) is 24.6 Å². The molecule has 0 spiro atoms. The highest BCUT2D eigenvalue weighted by molar-refractivity contribution is 7.44. The number of ether oxygens (including phenoxy) is 3. The van der Waals surface area contributed by atoms with Crippen LogP contribution in [0, 0.1) is 11.3 Å². The van der Waals surface area contributed by atoms with Crippen LogP contribution in [0.1, 0.15) is 63.5 Å². The van der Waals surface area contributed by atoms with Crippen LogP contribution in [0.5, 0.6) is 11.5 Å². The topological polar surface area (TPSA) is 144 Å². The molecule has 1 aliphatic heterocycles. The third-order valence-electron chi connectivity index (χ3n) is 9.96. The van der Waals surface area contributed by atoms with E-state index in [1.807, 2.05) is 53.9 Å². The Morgan fingerprint density at radius 1 is 0.914 bits per heavy atom. The summed E-state index contributed by atoms with van der Waals surface area (Å²) in [6, 6.07) is 28.9. The van der Waals surface area contributed by atoms with Crippen LogP contribution >= 0.6 is 8.53 Å². The third kappa shape index (κ3) is 9.48. The lowest BCUT2D eigenvalue weighted by Crippen LogP contribution is -2.53. The summed E-state index contributed by atoms with van der Waals surface area (Å²) in [7, 11) is 5.60. The van der Waals surface area contributed by atoms with Crippen molar-refractivity contribution < 1.29 is 23.3 Å². The molecule has 4 atom stereocenters. The SMILES string of the molecule is COc1ccc(C(N[C@H]2C[C@H](n3cnc4c(/N=C\N(C)C)ncnc43)O[C@@H]2COP(OCCC#N)N(C(C)C)C(C)C)(c2ccccc2)c2ccc(OC)cc2)cc1. The molecule has 0 aliphatic carbocycles. The summed E-state index contributed by atoms with van der Waals surface area (Å²) in [5.74, 6) is 1.97. The number of imidazole rings is 1. The van der Waals surface area contributed by atoms with Gasteiger partial charge in [-0.05, 0) is 68.7 Å². The third-order valence-corrected chi connectivity index (χ3v) is 12.0. The fourth-order valence-electron chi connectivity index (χ4n) is 7.37. The predicted molar refractivity (Wildman–Crippen MR) is 226 cm³/mol. The summed E-state index contributed by atoms with van der Waals surface area (Å²) in [5, 5.41) is 13.5. The van der Waals surface area contributed by atoms with Crippen molar-refractivity contribution in [2.75, 3.05) is 41.5 Å². The number of nitrogens with one attached hydrogen (secondary N) is 1. The molecule has 1 unspecified atom stereocenters. The van der Waals surface area contributed by atoms with Gasteiger partial charge in [0.25, 0.3) is 8.53 Å². The highest BCUT2D eigenvalue weighted by Crippen LogP contribution is 2.48. The van der Waals surface area contributed by atoms with Gasteiger partial charge in [-0.3, -0.25) is 9.88 Å². The zero-order valence-corrected chi connectivity index (χ0v) is 35.4. The molecular formula is C43H54N9O5P. The first-order valence-electron chi connectivity index (χ1n) is 19.5. The number of rotatable bonds is 19. The molecule has 3 aromatic carbocycles. The van der Waals surface area contributed by atoms with Gasteiger partial charge in [-0.15, -0.1) is 0 Å². The molecule has 0 amide bonds. The molecule has 1 saturated heterocycles. The van der Waals surface area contributed by atoms with Gasteiger partial charge in [0, 0.05) is 38.6 Å². The monoisotopic (exact) mass is 807 g/mol. The van der Waals surface area contributed by atoms with Crippen LogP contribution < -0.4 is 14.8 Å². The molecule has 5 aromatic rings. The van der Waals surface area contributed by atoms with Gasteiger partial charge in [0.05, 0.1) is 64.2 Å². The minimum atomic E-state index is -1.54. The molecular weight excluding hydrogens is 754 g/mol. The van der Waals surface area contributed by atoms with Crippen LogP contribution in [-0.4, -0.2) is 101 Å². The van der Waals surface area contributed by atoms with Crippen molar-refractivity contribution in [1.82, 2.24) is 34.4 Å². The van der Waals surface area contributed by atoms with Gasteiger partial charge >= 0.3 is 0 Å². The Kier molecular flexibility index (Phi) is 14.4.